The van der Waals surface area contributed by atoms with E-state index in [0.29, 0.717) is 45.2 Å². The van der Waals surface area contributed by atoms with Crippen molar-refractivity contribution in [1.82, 2.24) is 0 Å². The summed E-state index contributed by atoms with van der Waals surface area (Å²) in [4.78, 5) is 26.3. The molecule has 2 aromatic rings. The van der Waals surface area contributed by atoms with Crippen LogP contribution in [-0.4, -0.2) is 59.4 Å². The summed E-state index contributed by atoms with van der Waals surface area (Å²) in [5.41, 5.74) is 5.40. The van der Waals surface area contributed by atoms with Crippen LogP contribution in [0.15, 0.2) is 36.4 Å². The first-order chi connectivity index (χ1) is 17.5. The zero-order valence-electron chi connectivity index (χ0n) is 22.5. The number of rotatable bonds is 8. The molecule has 0 radical (unpaired) electrons. The Morgan fingerprint density at radius 2 is 1.08 bits per heavy atom. The molecule has 0 bridgehead atoms. The van der Waals surface area contributed by atoms with Gasteiger partial charge in [0.15, 0.2) is 12.1 Å². The number of aryl methyl sites for hydroxylation is 4. The van der Waals surface area contributed by atoms with Crippen LogP contribution in [0.5, 0.6) is 0 Å². The number of benzene rings is 2. The van der Waals surface area contributed by atoms with Crippen LogP contribution in [0.25, 0.3) is 0 Å². The van der Waals surface area contributed by atoms with Gasteiger partial charge in [0.2, 0.25) is 0 Å². The van der Waals surface area contributed by atoms with Crippen LogP contribution in [-0.2, 0) is 9.59 Å². The SMILES string of the molecule is Cc1cccc(C)c1NC(=O)[C@@H]1CCC[N@@+]1([O-])CCC[N@@+]1([O-])CCC[C@H]1C(=O)Nc1c(C)cccc1C. The Labute approximate surface area is 220 Å². The summed E-state index contributed by atoms with van der Waals surface area (Å²) in [7, 11) is 0. The van der Waals surface area contributed by atoms with Crippen molar-refractivity contribution in [1.29, 1.82) is 0 Å². The predicted molar refractivity (Wildman–Crippen MR) is 146 cm³/mol. The highest BCUT2D eigenvalue weighted by Gasteiger charge is 2.43. The summed E-state index contributed by atoms with van der Waals surface area (Å²) in [6, 6.07) is 10.3. The van der Waals surface area contributed by atoms with Gasteiger partial charge in [-0.05, 0) is 49.9 Å². The number of nitrogens with one attached hydrogen (secondary N) is 2. The van der Waals surface area contributed by atoms with Crippen molar-refractivity contribution < 1.29 is 18.9 Å². The van der Waals surface area contributed by atoms with Gasteiger partial charge >= 0.3 is 0 Å². The van der Waals surface area contributed by atoms with Gasteiger partial charge in [-0.2, -0.15) is 0 Å². The maximum absolute atomic E-state index is 13.7. The fourth-order valence-corrected chi connectivity index (χ4v) is 6.15. The van der Waals surface area contributed by atoms with Gasteiger partial charge in [-0.3, -0.25) is 9.59 Å². The van der Waals surface area contributed by atoms with E-state index < -0.39 is 21.4 Å². The first-order valence-corrected chi connectivity index (χ1v) is 13.4. The number of hydroxylamine groups is 6. The number of hydrogen-bond acceptors (Lipinski definition) is 4. The molecule has 2 amide bonds. The monoisotopic (exact) mass is 508 g/mol. The second-order valence-electron chi connectivity index (χ2n) is 11.0. The van der Waals surface area contributed by atoms with Crippen LogP contribution < -0.4 is 10.6 Å². The van der Waals surface area contributed by atoms with E-state index in [9.17, 15) is 20.0 Å². The van der Waals surface area contributed by atoms with E-state index in [0.717, 1.165) is 33.6 Å². The van der Waals surface area contributed by atoms with Gasteiger partial charge in [-0.15, -0.1) is 0 Å². The molecule has 200 valence electrons. The van der Waals surface area contributed by atoms with Crippen LogP contribution in [0.2, 0.25) is 0 Å². The van der Waals surface area contributed by atoms with Gasteiger partial charge < -0.3 is 30.3 Å². The van der Waals surface area contributed by atoms with Crippen molar-refractivity contribution in [2.75, 3.05) is 36.8 Å². The summed E-state index contributed by atoms with van der Waals surface area (Å²) in [5.74, 6) is -0.495. The van der Waals surface area contributed by atoms with Crippen LogP contribution >= 0.6 is 0 Å². The molecule has 2 aliphatic rings. The lowest BCUT2D eigenvalue weighted by Crippen LogP contribution is -2.55. The Bertz CT molecular complexity index is 1040. The van der Waals surface area contributed by atoms with Crippen molar-refractivity contribution in [3.05, 3.63) is 69.1 Å². The molecule has 2 N–H and O–H groups in total. The Hall–Kier alpha value is -2.78. The number of hydrogen-bond donors (Lipinski definition) is 2. The highest BCUT2D eigenvalue weighted by atomic mass is 16.6. The molecule has 2 heterocycles. The molecular formula is C29H40N4O4. The van der Waals surface area contributed by atoms with Gasteiger partial charge in [0, 0.05) is 43.5 Å². The molecule has 37 heavy (non-hydrogen) atoms. The summed E-state index contributed by atoms with van der Waals surface area (Å²) >= 11 is 0. The Morgan fingerprint density at radius 1 is 0.730 bits per heavy atom. The number of para-hydroxylation sites is 2. The Balaban J connectivity index is 1.38. The first kappa shape index (κ1) is 27.3. The zero-order chi connectivity index (χ0) is 26.8. The number of carbonyl (C=O) groups is 2. The number of quaternary nitrogens is 2. The Kier molecular flexibility index (Phi) is 8.04. The van der Waals surface area contributed by atoms with Gasteiger partial charge in [0.05, 0.1) is 26.2 Å². The number of nitrogens with zero attached hydrogens (tertiary/aromatic N) is 2. The van der Waals surface area contributed by atoms with Gasteiger partial charge in [0.1, 0.15) is 0 Å². The highest BCUT2D eigenvalue weighted by Crippen LogP contribution is 2.32. The molecule has 8 heteroatoms. The standard InChI is InChI=1S/C29H40N4O4/c1-20-10-5-11-21(2)26(20)30-28(34)24-14-7-16-32(24,36)18-9-19-33(37)17-8-15-25(33)29(35)31-27-22(3)12-6-13-23(27)4/h5-6,10-13,24-25H,7-9,14-19H2,1-4H3,(H,30,34)(H,31,35)/t24-,25-,32-,33+/m0/s1. The third-order valence-electron chi connectivity index (χ3n) is 8.30. The lowest BCUT2D eigenvalue weighted by atomic mass is 10.1. The van der Waals surface area contributed by atoms with Gasteiger partial charge in [-0.1, -0.05) is 36.4 Å². The lowest BCUT2D eigenvalue weighted by molar-refractivity contribution is -0.902. The number of anilines is 2. The number of amides is 2. The van der Waals surface area contributed by atoms with Crippen molar-refractivity contribution in [3.63, 3.8) is 0 Å². The molecule has 0 spiro atoms. The minimum absolute atomic E-state index is 0.207. The Morgan fingerprint density at radius 3 is 1.43 bits per heavy atom. The van der Waals surface area contributed by atoms with Crippen molar-refractivity contribution in [2.24, 2.45) is 0 Å². The maximum Gasteiger partial charge on any atom is 0.283 e. The topological polar surface area (TPSA) is 104 Å². The second-order valence-corrected chi connectivity index (χ2v) is 11.0. The van der Waals surface area contributed by atoms with E-state index >= 15 is 0 Å². The van der Waals surface area contributed by atoms with Crippen molar-refractivity contribution >= 4 is 23.2 Å². The molecule has 8 nitrogen and oxygen atoms in total. The van der Waals surface area contributed by atoms with Crippen LogP contribution in [0.3, 0.4) is 0 Å². The van der Waals surface area contributed by atoms with E-state index in [1.54, 1.807) is 0 Å². The van der Waals surface area contributed by atoms with Crippen LogP contribution in [0.4, 0.5) is 11.4 Å². The van der Waals surface area contributed by atoms with E-state index in [4.69, 9.17) is 0 Å². The molecule has 4 rings (SSSR count). The van der Waals surface area contributed by atoms with Crippen molar-refractivity contribution in [3.8, 4) is 0 Å². The smallest absolute Gasteiger partial charge is 0.283 e. The lowest BCUT2D eigenvalue weighted by Gasteiger charge is -2.46. The average molecular weight is 509 g/mol. The molecular weight excluding hydrogens is 468 g/mol. The number of carbonyl (C=O) groups excluding carboxylic acids is 2. The maximum atomic E-state index is 13.7. The quantitative estimate of drug-likeness (QED) is 0.393. The second kappa shape index (κ2) is 10.9. The average Bonchev–Trinajstić information content (AvgIpc) is 3.41. The van der Waals surface area contributed by atoms with Crippen LogP contribution in [0.1, 0.15) is 54.4 Å². The normalized spacial score (nSPS) is 27.3. The molecule has 4 atom stereocenters. The summed E-state index contributed by atoms with van der Waals surface area (Å²) in [6.45, 7) is 8.93. The molecule has 0 aromatic heterocycles. The van der Waals surface area contributed by atoms with E-state index in [1.165, 1.54) is 0 Å². The predicted octanol–water partition coefficient (Wildman–Crippen LogP) is 4.84. The van der Waals surface area contributed by atoms with E-state index in [-0.39, 0.29) is 24.9 Å². The fraction of sp³-hybridized carbons (Fsp3) is 0.517. The van der Waals surface area contributed by atoms with Gasteiger partial charge in [-0.25, -0.2) is 0 Å². The van der Waals surface area contributed by atoms with E-state index in [2.05, 4.69) is 10.6 Å². The molecule has 2 saturated heterocycles. The fourth-order valence-electron chi connectivity index (χ4n) is 6.15. The molecule has 2 fully saturated rings. The molecule has 0 saturated carbocycles. The van der Waals surface area contributed by atoms with Crippen molar-refractivity contribution in [2.45, 2.75) is 71.9 Å². The summed E-state index contributed by atoms with van der Waals surface area (Å²) in [6.07, 6.45) is 2.84. The van der Waals surface area contributed by atoms with E-state index in [1.807, 2.05) is 64.1 Å². The summed E-state index contributed by atoms with van der Waals surface area (Å²) in [5, 5.41) is 33.5. The van der Waals surface area contributed by atoms with Gasteiger partial charge in [0.25, 0.3) is 11.8 Å². The first-order valence-electron chi connectivity index (χ1n) is 13.4. The minimum Gasteiger partial charge on any atom is -0.632 e. The molecule has 0 unspecified atom stereocenters. The number of likely N-dealkylation sites (tertiary alicyclic amines) is 2. The molecule has 0 aliphatic carbocycles. The largest absolute Gasteiger partial charge is 0.632 e. The third kappa shape index (κ3) is 5.72. The molecule has 2 aliphatic heterocycles. The summed E-state index contributed by atoms with van der Waals surface area (Å²) < 4.78 is -1.20. The van der Waals surface area contributed by atoms with Crippen LogP contribution in [0, 0.1) is 38.1 Å². The highest BCUT2D eigenvalue weighted by molar-refractivity contribution is 5.96. The minimum atomic E-state index is -0.680. The third-order valence-corrected chi connectivity index (χ3v) is 8.30. The zero-order valence-corrected chi connectivity index (χ0v) is 22.5. The molecule has 2 aromatic carbocycles.